The molecule has 9 heteroatoms. The number of hydrogen-bond acceptors (Lipinski definition) is 7. The predicted octanol–water partition coefficient (Wildman–Crippen LogP) is 4.60. The van der Waals surface area contributed by atoms with Crippen LogP contribution in [0.25, 0.3) is 0 Å². The van der Waals surface area contributed by atoms with Gasteiger partial charge in [-0.05, 0) is 54.1 Å². The molecule has 1 aliphatic rings. The zero-order valence-corrected chi connectivity index (χ0v) is 17.7. The van der Waals surface area contributed by atoms with E-state index in [0.717, 1.165) is 28.4 Å². The van der Waals surface area contributed by atoms with Crippen molar-refractivity contribution in [3.05, 3.63) is 58.9 Å². The van der Waals surface area contributed by atoms with E-state index in [-0.39, 0.29) is 11.9 Å². The van der Waals surface area contributed by atoms with Crippen molar-refractivity contribution >= 4 is 35.3 Å². The van der Waals surface area contributed by atoms with E-state index in [1.165, 1.54) is 0 Å². The van der Waals surface area contributed by atoms with Gasteiger partial charge in [0, 0.05) is 16.3 Å². The fraction of sp³-hybridized carbons (Fsp3) is 0.286. The maximum atomic E-state index is 12.1. The molecule has 1 aromatic heterocycles. The van der Waals surface area contributed by atoms with Gasteiger partial charge in [-0.1, -0.05) is 22.8 Å². The Morgan fingerprint density at radius 2 is 1.87 bits per heavy atom. The van der Waals surface area contributed by atoms with Crippen molar-refractivity contribution in [2.24, 2.45) is 0 Å². The monoisotopic (exact) mass is 445 g/mol. The van der Waals surface area contributed by atoms with Crippen LogP contribution in [0.1, 0.15) is 24.3 Å². The molecule has 30 heavy (non-hydrogen) atoms. The maximum absolute atomic E-state index is 12.1. The zero-order valence-electron chi connectivity index (χ0n) is 16.1. The van der Waals surface area contributed by atoms with Gasteiger partial charge in [0.15, 0.2) is 11.5 Å². The molecule has 4 rings (SSSR count). The Morgan fingerprint density at radius 3 is 2.70 bits per heavy atom. The summed E-state index contributed by atoms with van der Waals surface area (Å²) in [6, 6.07) is 13.4. The minimum atomic E-state index is -0.152. The first-order valence-electron chi connectivity index (χ1n) is 9.55. The topological polar surface area (TPSA) is 86.5 Å². The lowest BCUT2D eigenvalue weighted by Crippen LogP contribution is -2.15. The number of hydrogen-bond donors (Lipinski definition) is 1. The number of aromatic nitrogens is 2. The molecule has 0 fully saturated rings. The van der Waals surface area contributed by atoms with Crippen molar-refractivity contribution in [3.63, 3.8) is 0 Å². The van der Waals surface area contributed by atoms with Crippen LogP contribution in [0.5, 0.6) is 11.5 Å². The Hall–Kier alpha value is -2.71. The summed E-state index contributed by atoms with van der Waals surface area (Å²) < 4.78 is 16.6. The molecule has 0 saturated carbocycles. The third kappa shape index (κ3) is 5.67. The Labute approximate surface area is 183 Å². The SMILES string of the molecule is O=C(CCCSc1ccc(Cl)cc1)Nc1nnc(Cc2ccc3c(c2)OCCO3)o1. The second kappa shape index (κ2) is 9.86. The molecule has 1 aliphatic heterocycles. The molecule has 0 atom stereocenters. The standard InChI is InChI=1S/C21H20ClN3O4S/c22-15-4-6-16(7-5-15)30-11-1-2-19(26)23-21-25-24-20(29-21)13-14-3-8-17-18(12-14)28-10-9-27-17/h3-8,12H,1-2,9-11,13H2,(H,23,25,26). The molecule has 0 aliphatic carbocycles. The molecule has 2 heterocycles. The van der Waals surface area contributed by atoms with Gasteiger partial charge in [-0.2, -0.15) is 0 Å². The number of nitrogens with one attached hydrogen (secondary N) is 1. The summed E-state index contributed by atoms with van der Waals surface area (Å²) in [6.45, 7) is 1.09. The molecular formula is C21H20ClN3O4S. The zero-order chi connectivity index (χ0) is 20.8. The normalized spacial score (nSPS) is 12.6. The number of amides is 1. The van der Waals surface area contributed by atoms with Crippen LogP contribution in [0.3, 0.4) is 0 Å². The highest BCUT2D eigenvalue weighted by molar-refractivity contribution is 7.99. The van der Waals surface area contributed by atoms with Crippen molar-refractivity contribution in [2.45, 2.75) is 24.2 Å². The van der Waals surface area contributed by atoms with Gasteiger partial charge in [0.2, 0.25) is 11.8 Å². The maximum Gasteiger partial charge on any atom is 0.322 e. The minimum Gasteiger partial charge on any atom is -0.486 e. The number of carbonyl (C=O) groups is 1. The fourth-order valence-electron chi connectivity index (χ4n) is 2.88. The van der Waals surface area contributed by atoms with Gasteiger partial charge in [-0.25, -0.2) is 0 Å². The van der Waals surface area contributed by atoms with E-state index in [4.69, 9.17) is 25.5 Å². The number of fused-ring (bicyclic) bond motifs is 1. The summed E-state index contributed by atoms with van der Waals surface area (Å²) in [6.07, 6.45) is 1.55. The number of halogens is 1. The number of benzene rings is 2. The lowest BCUT2D eigenvalue weighted by molar-refractivity contribution is -0.116. The molecule has 0 bridgehead atoms. The molecule has 3 aromatic rings. The van der Waals surface area contributed by atoms with Gasteiger partial charge in [0.05, 0.1) is 6.42 Å². The summed E-state index contributed by atoms with van der Waals surface area (Å²) in [5.41, 5.74) is 0.958. The minimum absolute atomic E-state index is 0.109. The highest BCUT2D eigenvalue weighted by Crippen LogP contribution is 2.31. The van der Waals surface area contributed by atoms with E-state index >= 15 is 0 Å². The lowest BCUT2D eigenvalue weighted by atomic mass is 10.1. The third-order valence-corrected chi connectivity index (χ3v) is 5.66. The largest absolute Gasteiger partial charge is 0.486 e. The van der Waals surface area contributed by atoms with Gasteiger partial charge < -0.3 is 13.9 Å². The van der Waals surface area contributed by atoms with Crippen LogP contribution in [0.2, 0.25) is 5.02 Å². The number of ether oxygens (including phenoxy) is 2. The second-order valence-electron chi connectivity index (χ2n) is 6.61. The summed E-state index contributed by atoms with van der Waals surface area (Å²) in [7, 11) is 0. The second-order valence-corrected chi connectivity index (χ2v) is 8.21. The molecule has 1 amide bonds. The Morgan fingerprint density at radius 1 is 1.07 bits per heavy atom. The van der Waals surface area contributed by atoms with Crippen LogP contribution in [0, 0.1) is 0 Å². The Balaban J connectivity index is 1.22. The Bertz CT molecular complexity index is 1010. The molecular weight excluding hydrogens is 426 g/mol. The van der Waals surface area contributed by atoms with E-state index < -0.39 is 0 Å². The smallest absolute Gasteiger partial charge is 0.322 e. The average molecular weight is 446 g/mol. The molecule has 0 unspecified atom stereocenters. The first-order chi connectivity index (χ1) is 14.7. The molecule has 2 aromatic carbocycles. The summed E-state index contributed by atoms with van der Waals surface area (Å²) in [5.74, 6) is 2.54. The summed E-state index contributed by atoms with van der Waals surface area (Å²) >= 11 is 7.56. The number of thioether (sulfide) groups is 1. The molecule has 1 N–H and O–H groups in total. The Kier molecular flexibility index (Phi) is 6.76. The predicted molar refractivity (Wildman–Crippen MR) is 115 cm³/mol. The van der Waals surface area contributed by atoms with Crippen LogP contribution < -0.4 is 14.8 Å². The highest BCUT2D eigenvalue weighted by atomic mass is 35.5. The number of nitrogens with zero attached hydrogens (tertiary/aromatic N) is 2. The molecule has 156 valence electrons. The van der Waals surface area contributed by atoms with Gasteiger partial charge in [-0.15, -0.1) is 16.9 Å². The van der Waals surface area contributed by atoms with Crippen molar-refractivity contribution < 1.29 is 18.7 Å². The van der Waals surface area contributed by atoms with Gasteiger partial charge >= 0.3 is 6.01 Å². The van der Waals surface area contributed by atoms with E-state index in [2.05, 4.69) is 15.5 Å². The first kappa shape index (κ1) is 20.6. The first-order valence-corrected chi connectivity index (χ1v) is 10.9. The number of carbonyl (C=O) groups excluding carboxylic acids is 1. The third-order valence-electron chi connectivity index (χ3n) is 4.31. The van der Waals surface area contributed by atoms with Crippen LogP contribution in [0.15, 0.2) is 51.8 Å². The summed E-state index contributed by atoms with van der Waals surface area (Å²) in [5, 5.41) is 11.3. The van der Waals surface area contributed by atoms with Crippen LogP contribution in [-0.4, -0.2) is 35.1 Å². The van der Waals surface area contributed by atoms with Gasteiger partial charge in [0.1, 0.15) is 13.2 Å². The van der Waals surface area contributed by atoms with Gasteiger partial charge in [-0.3, -0.25) is 10.1 Å². The summed E-state index contributed by atoms with van der Waals surface area (Å²) in [4.78, 5) is 13.2. The van der Waals surface area contributed by atoms with Crippen LogP contribution in [-0.2, 0) is 11.2 Å². The average Bonchev–Trinajstić information content (AvgIpc) is 3.19. The fourth-order valence-corrected chi connectivity index (χ4v) is 3.86. The van der Waals surface area contributed by atoms with Crippen molar-refractivity contribution in [3.8, 4) is 11.5 Å². The van der Waals surface area contributed by atoms with Gasteiger partial charge in [0.25, 0.3) is 0 Å². The molecule has 0 saturated heterocycles. The van der Waals surface area contributed by atoms with E-state index in [1.807, 2.05) is 42.5 Å². The van der Waals surface area contributed by atoms with E-state index in [0.29, 0.717) is 42.7 Å². The number of rotatable bonds is 8. The molecule has 7 nitrogen and oxygen atoms in total. The van der Waals surface area contributed by atoms with Crippen molar-refractivity contribution in [1.82, 2.24) is 10.2 Å². The lowest BCUT2D eigenvalue weighted by Gasteiger charge is -2.18. The van der Waals surface area contributed by atoms with Crippen molar-refractivity contribution in [1.29, 1.82) is 0 Å². The molecule has 0 radical (unpaired) electrons. The van der Waals surface area contributed by atoms with E-state index in [9.17, 15) is 4.79 Å². The highest BCUT2D eigenvalue weighted by Gasteiger charge is 2.14. The van der Waals surface area contributed by atoms with E-state index in [1.54, 1.807) is 11.8 Å². The number of anilines is 1. The quantitative estimate of drug-likeness (QED) is 0.400. The van der Waals surface area contributed by atoms with Crippen LogP contribution in [0.4, 0.5) is 6.01 Å². The van der Waals surface area contributed by atoms with Crippen LogP contribution >= 0.6 is 23.4 Å². The molecule has 0 spiro atoms. The van der Waals surface area contributed by atoms with Crippen molar-refractivity contribution in [2.75, 3.05) is 24.3 Å².